The standard InChI is InChI=1S/C8H7Cl2NO3/c1-14-7-5(9)2-4(3-6(7)10)8(12)11-13/h2-3,13H,1H3,(H,11,12). The number of benzene rings is 1. The lowest BCUT2D eigenvalue weighted by molar-refractivity contribution is 0.0706. The van der Waals surface area contributed by atoms with E-state index in [1.54, 1.807) is 0 Å². The molecule has 76 valence electrons. The quantitative estimate of drug-likeness (QED) is 0.610. The van der Waals surface area contributed by atoms with Gasteiger partial charge in [0.05, 0.1) is 17.2 Å². The summed E-state index contributed by atoms with van der Waals surface area (Å²) in [5, 5.41) is 8.79. The monoisotopic (exact) mass is 235 g/mol. The van der Waals surface area contributed by atoms with E-state index in [1.807, 2.05) is 0 Å². The van der Waals surface area contributed by atoms with Crippen molar-refractivity contribution in [3.63, 3.8) is 0 Å². The molecular weight excluding hydrogens is 229 g/mol. The maximum absolute atomic E-state index is 11.0. The summed E-state index contributed by atoms with van der Waals surface area (Å²) < 4.78 is 4.89. The first-order valence-corrected chi connectivity index (χ1v) is 4.33. The van der Waals surface area contributed by atoms with Crippen LogP contribution in [0.3, 0.4) is 0 Å². The molecule has 0 aromatic heterocycles. The molecule has 0 radical (unpaired) electrons. The second-order valence-electron chi connectivity index (χ2n) is 2.41. The molecule has 4 nitrogen and oxygen atoms in total. The Morgan fingerprint density at radius 1 is 1.43 bits per heavy atom. The van der Waals surface area contributed by atoms with Crippen molar-refractivity contribution in [1.29, 1.82) is 0 Å². The summed E-state index contributed by atoms with van der Waals surface area (Å²) >= 11 is 11.5. The molecule has 14 heavy (non-hydrogen) atoms. The largest absolute Gasteiger partial charge is 0.494 e. The molecule has 1 rings (SSSR count). The lowest BCUT2D eigenvalue weighted by Gasteiger charge is -2.07. The lowest BCUT2D eigenvalue weighted by Crippen LogP contribution is -2.18. The van der Waals surface area contributed by atoms with Gasteiger partial charge in [0.25, 0.3) is 5.91 Å². The van der Waals surface area contributed by atoms with E-state index in [0.29, 0.717) is 5.75 Å². The van der Waals surface area contributed by atoms with Crippen LogP contribution >= 0.6 is 23.2 Å². The molecule has 0 saturated carbocycles. The van der Waals surface area contributed by atoms with E-state index in [0.717, 1.165) is 0 Å². The number of methoxy groups -OCH3 is 1. The average molecular weight is 236 g/mol. The smallest absolute Gasteiger partial charge is 0.274 e. The number of rotatable bonds is 2. The van der Waals surface area contributed by atoms with Gasteiger partial charge >= 0.3 is 0 Å². The molecule has 0 fully saturated rings. The molecule has 0 aliphatic carbocycles. The van der Waals surface area contributed by atoms with Crippen LogP contribution < -0.4 is 10.2 Å². The minimum Gasteiger partial charge on any atom is -0.494 e. The van der Waals surface area contributed by atoms with E-state index in [9.17, 15) is 4.79 Å². The summed E-state index contributed by atoms with van der Waals surface area (Å²) in [6.07, 6.45) is 0. The van der Waals surface area contributed by atoms with E-state index in [1.165, 1.54) is 24.7 Å². The third kappa shape index (κ3) is 2.09. The van der Waals surface area contributed by atoms with Crippen molar-refractivity contribution in [3.8, 4) is 5.75 Å². The molecule has 6 heteroatoms. The average Bonchev–Trinajstić information content (AvgIpc) is 2.16. The molecular formula is C8H7Cl2NO3. The zero-order valence-electron chi connectivity index (χ0n) is 7.17. The Bertz CT molecular complexity index is 345. The number of nitrogens with one attached hydrogen (secondary N) is 1. The van der Waals surface area contributed by atoms with Crippen molar-refractivity contribution in [2.75, 3.05) is 7.11 Å². The van der Waals surface area contributed by atoms with Gasteiger partial charge in [0, 0.05) is 5.56 Å². The number of carbonyl (C=O) groups is 1. The highest BCUT2D eigenvalue weighted by Crippen LogP contribution is 2.33. The van der Waals surface area contributed by atoms with Crippen LogP contribution in [0.4, 0.5) is 0 Å². The predicted octanol–water partition coefficient (Wildman–Crippen LogP) is 2.12. The molecule has 0 heterocycles. The number of ether oxygens (including phenoxy) is 1. The van der Waals surface area contributed by atoms with Crippen LogP contribution in [-0.4, -0.2) is 18.2 Å². The predicted molar refractivity (Wildman–Crippen MR) is 52.3 cm³/mol. The minimum absolute atomic E-state index is 0.156. The maximum atomic E-state index is 11.0. The third-order valence-corrected chi connectivity index (χ3v) is 2.13. The van der Waals surface area contributed by atoms with E-state index < -0.39 is 5.91 Å². The number of hydroxylamine groups is 1. The van der Waals surface area contributed by atoms with Gasteiger partial charge in [-0.05, 0) is 12.1 Å². The molecule has 0 spiro atoms. The van der Waals surface area contributed by atoms with Gasteiger partial charge in [-0.15, -0.1) is 0 Å². The molecule has 0 atom stereocenters. The Labute approximate surface area is 90.3 Å². The first-order valence-electron chi connectivity index (χ1n) is 3.57. The fourth-order valence-corrected chi connectivity index (χ4v) is 1.59. The summed E-state index contributed by atoms with van der Waals surface area (Å²) in [5.41, 5.74) is 1.63. The van der Waals surface area contributed by atoms with Crippen molar-refractivity contribution >= 4 is 29.1 Å². The summed E-state index contributed by atoms with van der Waals surface area (Å²) in [4.78, 5) is 11.0. The number of carbonyl (C=O) groups excluding carboxylic acids is 1. The molecule has 1 aromatic rings. The highest BCUT2D eigenvalue weighted by molar-refractivity contribution is 6.37. The van der Waals surface area contributed by atoms with Crippen LogP contribution in [0.1, 0.15) is 10.4 Å². The SMILES string of the molecule is COc1c(Cl)cc(C(=O)NO)cc1Cl. The summed E-state index contributed by atoms with van der Waals surface area (Å²) in [7, 11) is 1.42. The van der Waals surface area contributed by atoms with E-state index in [4.69, 9.17) is 33.1 Å². The number of hydrogen-bond acceptors (Lipinski definition) is 3. The normalized spacial score (nSPS) is 9.71. The molecule has 0 bridgehead atoms. The van der Waals surface area contributed by atoms with Gasteiger partial charge in [0.2, 0.25) is 0 Å². The van der Waals surface area contributed by atoms with Gasteiger partial charge < -0.3 is 4.74 Å². The number of hydrogen-bond donors (Lipinski definition) is 2. The van der Waals surface area contributed by atoms with Crippen LogP contribution in [0, 0.1) is 0 Å². The molecule has 0 unspecified atom stereocenters. The van der Waals surface area contributed by atoms with Crippen molar-refractivity contribution in [2.45, 2.75) is 0 Å². The molecule has 0 aliphatic rings. The van der Waals surface area contributed by atoms with Gasteiger partial charge in [-0.3, -0.25) is 10.0 Å². The van der Waals surface area contributed by atoms with Gasteiger partial charge in [-0.2, -0.15) is 0 Å². The highest BCUT2D eigenvalue weighted by Gasteiger charge is 2.12. The van der Waals surface area contributed by atoms with Crippen LogP contribution in [0.25, 0.3) is 0 Å². The van der Waals surface area contributed by atoms with Crippen LogP contribution in [-0.2, 0) is 0 Å². The van der Waals surface area contributed by atoms with Crippen molar-refractivity contribution in [2.24, 2.45) is 0 Å². The van der Waals surface area contributed by atoms with Gasteiger partial charge in [0.1, 0.15) is 0 Å². The first kappa shape index (κ1) is 11.1. The van der Waals surface area contributed by atoms with Crippen LogP contribution in [0.5, 0.6) is 5.75 Å². The second-order valence-corrected chi connectivity index (χ2v) is 3.23. The highest BCUT2D eigenvalue weighted by atomic mass is 35.5. The Kier molecular flexibility index (Phi) is 3.57. The second kappa shape index (κ2) is 4.50. The molecule has 1 amide bonds. The zero-order chi connectivity index (χ0) is 10.7. The number of amides is 1. The Hall–Kier alpha value is -0.970. The maximum Gasteiger partial charge on any atom is 0.274 e. The van der Waals surface area contributed by atoms with Crippen LogP contribution in [0.2, 0.25) is 10.0 Å². The van der Waals surface area contributed by atoms with E-state index >= 15 is 0 Å². The fraction of sp³-hybridized carbons (Fsp3) is 0.125. The van der Waals surface area contributed by atoms with Crippen molar-refractivity contribution in [3.05, 3.63) is 27.7 Å². The minimum atomic E-state index is -0.684. The molecule has 0 saturated heterocycles. The Morgan fingerprint density at radius 2 is 1.93 bits per heavy atom. The molecule has 1 aromatic carbocycles. The van der Waals surface area contributed by atoms with Gasteiger partial charge in [-0.25, -0.2) is 5.48 Å². The Balaban J connectivity index is 3.20. The van der Waals surface area contributed by atoms with Crippen molar-refractivity contribution < 1.29 is 14.7 Å². The zero-order valence-corrected chi connectivity index (χ0v) is 8.69. The summed E-state index contributed by atoms with van der Waals surface area (Å²) in [6.45, 7) is 0. The number of halogens is 2. The lowest BCUT2D eigenvalue weighted by atomic mass is 10.2. The summed E-state index contributed by atoms with van der Waals surface area (Å²) in [5.74, 6) is -0.390. The molecule has 0 aliphatic heterocycles. The van der Waals surface area contributed by atoms with Gasteiger partial charge in [0.15, 0.2) is 5.75 Å². The fourth-order valence-electron chi connectivity index (χ4n) is 0.951. The summed E-state index contributed by atoms with van der Waals surface area (Å²) in [6, 6.07) is 2.69. The van der Waals surface area contributed by atoms with Crippen molar-refractivity contribution in [1.82, 2.24) is 5.48 Å². The van der Waals surface area contributed by atoms with E-state index in [-0.39, 0.29) is 15.6 Å². The third-order valence-electron chi connectivity index (χ3n) is 1.57. The van der Waals surface area contributed by atoms with E-state index in [2.05, 4.69) is 0 Å². The first-order chi connectivity index (χ1) is 6.60. The van der Waals surface area contributed by atoms with Gasteiger partial charge in [-0.1, -0.05) is 23.2 Å². The molecule has 2 N–H and O–H groups in total. The van der Waals surface area contributed by atoms with Crippen LogP contribution in [0.15, 0.2) is 12.1 Å². The topological polar surface area (TPSA) is 58.6 Å². The Morgan fingerprint density at radius 3 is 2.29 bits per heavy atom.